The monoisotopic (exact) mass is 904 g/mol. The predicted octanol–water partition coefficient (Wildman–Crippen LogP) is 15.9. The molecule has 0 aliphatic heterocycles. The lowest BCUT2D eigenvalue weighted by atomic mass is 10.1. The van der Waals surface area contributed by atoms with E-state index in [9.17, 15) is 0 Å². The van der Waals surface area contributed by atoms with Gasteiger partial charge in [0.25, 0.3) is 0 Å². The van der Waals surface area contributed by atoms with Crippen LogP contribution in [0.15, 0.2) is 243 Å². The molecular weight excluding hydrogens is 859 g/mol. The van der Waals surface area contributed by atoms with E-state index in [1.807, 2.05) is 182 Å². The highest BCUT2D eigenvalue weighted by Crippen LogP contribution is 2.50. The van der Waals surface area contributed by atoms with Gasteiger partial charge in [0.2, 0.25) is 8.32 Å². The lowest BCUT2D eigenvalue weighted by molar-refractivity contribution is 0.386. The van der Waals surface area contributed by atoms with Gasteiger partial charge in [-0.2, -0.15) is 0 Å². The van der Waals surface area contributed by atoms with Crippen LogP contribution in [-0.2, 0) is 4.21 Å². The van der Waals surface area contributed by atoms with E-state index in [0.29, 0.717) is 28.7 Å². The summed E-state index contributed by atoms with van der Waals surface area (Å²) in [4.78, 5) is 0. The molecule has 0 unspecified atom stereocenters. The second kappa shape index (κ2) is 20.7. The van der Waals surface area contributed by atoms with Gasteiger partial charge < -0.3 is 26.8 Å². The van der Waals surface area contributed by atoms with E-state index in [0.717, 1.165) is 49.7 Å². The zero-order valence-electron chi connectivity index (χ0n) is 35.9. The van der Waals surface area contributed by atoms with E-state index in [-0.39, 0.29) is 0 Å². The van der Waals surface area contributed by atoms with Gasteiger partial charge in [-0.1, -0.05) is 212 Å². The van der Waals surface area contributed by atoms with Crippen LogP contribution < -0.4 is 27.8 Å². The van der Waals surface area contributed by atoms with E-state index in [1.54, 1.807) is 0 Å². The fourth-order valence-corrected chi connectivity index (χ4v) is 12.6. The molecule has 0 heterocycles. The molecule has 0 aromatic heterocycles. The summed E-state index contributed by atoms with van der Waals surface area (Å²) < 4.78 is 41.8. The molecule has 9 heteroatoms. The minimum absolute atomic E-state index is 0.578. The summed E-state index contributed by atoms with van der Waals surface area (Å²) in [5.74, 6) is 3.14. The molecule has 0 radical (unpaired) electrons. The molecule has 0 fully saturated rings. The molecule has 0 aliphatic carbocycles. The Morgan fingerprint density at radius 2 is 0.508 bits per heavy atom. The van der Waals surface area contributed by atoms with Gasteiger partial charge in [-0.15, -0.1) is 0 Å². The maximum Gasteiger partial charge on any atom is 0.530 e. The first kappa shape index (κ1) is 43.3. The van der Waals surface area contributed by atoms with Crippen LogP contribution in [0.25, 0.3) is 44.5 Å². The summed E-state index contributed by atoms with van der Waals surface area (Å²) in [5, 5.41) is 0.875. The lowest BCUT2D eigenvalue weighted by Crippen LogP contribution is -2.44. The molecule has 0 bridgehead atoms. The Hall–Kier alpha value is -6.98. The first-order valence-electron chi connectivity index (χ1n) is 21.3. The largest absolute Gasteiger partial charge is 0.530 e. The Kier molecular flexibility index (Phi) is 13.8. The summed E-state index contributed by atoms with van der Waals surface area (Å²) in [7, 11) is -7.19. The van der Waals surface area contributed by atoms with E-state index in [4.69, 9.17) is 26.8 Å². The first-order valence-corrected chi connectivity index (χ1v) is 26.4. The molecule has 320 valence electrons. The third-order valence-electron chi connectivity index (χ3n) is 10.6. The zero-order chi connectivity index (χ0) is 44.3. The highest BCUT2D eigenvalue weighted by atomic mass is 31.2. The van der Waals surface area contributed by atoms with Crippen LogP contribution in [0.1, 0.15) is 0 Å². The minimum Gasteiger partial charge on any atom is -0.418 e. The molecule has 9 aromatic rings. The second-order valence-corrected chi connectivity index (χ2v) is 21.5. The Morgan fingerprint density at radius 1 is 0.262 bits per heavy atom. The molecular formula is C56H46O6P2Si. The molecule has 0 spiro atoms. The zero-order valence-corrected chi connectivity index (χ0v) is 38.7. The smallest absolute Gasteiger partial charge is 0.418 e. The Balaban J connectivity index is 1.08. The van der Waals surface area contributed by atoms with Gasteiger partial charge in [-0.25, -0.2) is 0 Å². The van der Waals surface area contributed by atoms with Gasteiger partial charge in [0, 0.05) is 27.4 Å². The van der Waals surface area contributed by atoms with E-state index >= 15 is 0 Å². The molecule has 9 rings (SSSR count). The number of benzene rings is 9. The predicted molar refractivity (Wildman–Crippen MR) is 269 cm³/mol. The van der Waals surface area contributed by atoms with Crippen LogP contribution in [0.3, 0.4) is 0 Å². The molecule has 0 saturated heterocycles. The van der Waals surface area contributed by atoms with Gasteiger partial charge in [0.05, 0.1) is 0 Å². The fourth-order valence-electron chi connectivity index (χ4n) is 7.40. The number of rotatable bonds is 17. The quantitative estimate of drug-likeness (QED) is 0.0670. The highest BCUT2D eigenvalue weighted by Gasteiger charge is 2.38. The van der Waals surface area contributed by atoms with E-state index in [1.165, 1.54) is 0 Å². The topological polar surface area (TPSA) is 55.4 Å². The van der Waals surface area contributed by atoms with Crippen molar-refractivity contribution in [2.24, 2.45) is 0 Å². The summed E-state index contributed by atoms with van der Waals surface area (Å²) >= 11 is 0. The maximum atomic E-state index is 7.23. The van der Waals surface area contributed by atoms with Crippen molar-refractivity contribution < 1.29 is 26.8 Å². The summed E-state index contributed by atoms with van der Waals surface area (Å²) in [6, 6.07) is 80.6. The van der Waals surface area contributed by atoms with Crippen LogP contribution in [0.5, 0.6) is 28.7 Å². The molecule has 65 heavy (non-hydrogen) atoms. The first-order chi connectivity index (χ1) is 32.0. The Bertz CT molecular complexity index is 2770. The Labute approximate surface area is 384 Å². The molecule has 0 saturated carbocycles. The van der Waals surface area contributed by atoms with E-state index < -0.39 is 25.5 Å². The van der Waals surface area contributed by atoms with Gasteiger partial charge >= 0.3 is 17.2 Å². The summed E-state index contributed by atoms with van der Waals surface area (Å²) in [6.07, 6.45) is 0. The molecule has 0 atom stereocenters. The molecule has 6 nitrogen and oxygen atoms in total. The van der Waals surface area contributed by atoms with Crippen molar-refractivity contribution in [2.45, 2.75) is 13.1 Å². The van der Waals surface area contributed by atoms with Crippen LogP contribution >= 0.6 is 17.2 Å². The van der Waals surface area contributed by atoms with Crippen LogP contribution in [-0.4, -0.2) is 8.32 Å². The average Bonchev–Trinajstić information content (AvgIpc) is 3.36. The lowest BCUT2D eigenvalue weighted by Gasteiger charge is -2.30. The van der Waals surface area contributed by atoms with Crippen molar-refractivity contribution in [3.63, 3.8) is 0 Å². The number of hydrogen-bond donors (Lipinski definition) is 0. The minimum atomic E-state index is -3.01. The van der Waals surface area contributed by atoms with Crippen molar-refractivity contribution in [1.82, 2.24) is 0 Å². The third kappa shape index (κ3) is 10.7. The van der Waals surface area contributed by atoms with Crippen LogP contribution in [0.2, 0.25) is 13.1 Å². The number of para-hydroxylation sites is 5. The summed E-state index contributed by atoms with van der Waals surface area (Å²) in [5.41, 5.74) is 7.77. The Morgan fingerprint density at radius 3 is 0.846 bits per heavy atom. The van der Waals surface area contributed by atoms with Gasteiger partial charge in [0.1, 0.15) is 28.7 Å². The third-order valence-corrected chi connectivity index (χ3v) is 16.5. The SMILES string of the molecule is C[Si](C)(OP(Oc1ccccc1-c1ccccc1)Oc1ccccc1-c1ccccc1)c1ccccc1OP(Oc1ccccc1-c1ccccc1)Oc1ccccc1-c1ccccc1. The van der Waals surface area contributed by atoms with Gasteiger partial charge in [-0.05, 0) is 65.7 Å². The standard InChI is InChI=1S/C56H46O6P2Si/c1-65(2,62-64(59-53-39-21-17-35-49(53)45-29-11-5-12-30-45)60-54-40-22-18-36-50(54)46-31-13-6-14-32-46)56-42-24-23-41-55(56)61-63(57-51-37-19-15-33-47(51)43-25-7-3-8-26-43)58-52-38-20-16-34-48(52)44-27-9-4-10-28-44/h3-42H,1-2H3. The molecule has 0 amide bonds. The second-order valence-electron chi connectivity index (χ2n) is 15.5. The number of hydrogen-bond acceptors (Lipinski definition) is 6. The van der Waals surface area contributed by atoms with Gasteiger partial charge in [-0.3, -0.25) is 0 Å². The van der Waals surface area contributed by atoms with Crippen LogP contribution in [0.4, 0.5) is 0 Å². The molecule has 9 aromatic carbocycles. The molecule has 0 aliphatic rings. The van der Waals surface area contributed by atoms with Crippen molar-refractivity contribution in [1.29, 1.82) is 0 Å². The molecule has 0 N–H and O–H groups in total. The van der Waals surface area contributed by atoms with Crippen molar-refractivity contribution in [3.05, 3.63) is 243 Å². The highest BCUT2D eigenvalue weighted by molar-refractivity contribution is 7.45. The van der Waals surface area contributed by atoms with Crippen LogP contribution in [0, 0.1) is 0 Å². The fraction of sp³-hybridized carbons (Fsp3) is 0.0357. The van der Waals surface area contributed by atoms with Crippen molar-refractivity contribution in [3.8, 4) is 73.3 Å². The van der Waals surface area contributed by atoms with Crippen molar-refractivity contribution >= 4 is 30.7 Å². The van der Waals surface area contributed by atoms with Crippen molar-refractivity contribution in [2.75, 3.05) is 0 Å². The maximum absolute atomic E-state index is 7.23. The van der Waals surface area contributed by atoms with Gasteiger partial charge in [0.15, 0.2) is 0 Å². The average molecular weight is 905 g/mol. The normalized spacial score (nSPS) is 11.3. The summed E-state index contributed by atoms with van der Waals surface area (Å²) in [6.45, 7) is 4.26. The van der Waals surface area contributed by atoms with E-state index in [2.05, 4.69) is 73.8 Å².